The summed E-state index contributed by atoms with van der Waals surface area (Å²) >= 11 is 0. The molecular formula is C18H26N6O3. The molecule has 0 bridgehead atoms. The number of nitrogens with zero attached hydrogens (tertiary/aromatic N) is 4. The van der Waals surface area contributed by atoms with Crippen molar-refractivity contribution in [3.05, 3.63) is 24.3 Å². The molecule has 1 aliphatic heterocycles. The zero-order valence-corrected chi connectivity index (χ0v) is 15.6. The smallest absolute Gasteiger partial charge is 0.326 e. The topological polar surface area (TPSA) is 115 Å². The van der Waals surface area contributed by atoms with Gasteiger partial charge in [-0.05, 0) is 24.8 Å². The molecule has 27 heavy (non-hydrogen) atoms. The Bertz CT molecular complexity index is 797. The van der Waals surface area contributed by atoms with Gasteiger partial charge in [0.25, 0.3) is 0 Å². The molecule has 0 atom stereocenters. The van der Waals surface area contributed by atoms with E-state index in [9.17, 15) is 9.59 Å². The molecule has 3 rings (SSSR count). The molecule has 2 aromatic heterocycles. The van der Waals surface area contributed by atoms with E-state index in [0.29, 0.717) is 19.0 Å². The summed E-state index contributed by atoms with van der Waals surface area (Å²) in [6, 6.07) is 1.86. The third kappa shape index (κ3) is 4.54. The molecule has 0 aliphatic carbocycles. The third-order valence-corrected chi connectivity index (χ3v) is 5.03. The quantitative estimate of drug-likeness (QED) is 0.735. The highest BCUT2D eigenvalue weighted by atomic mass is 16.7. The van der Waals surface area contributed by atoms with E-state index >= 15 is 0 Å². The number of hydrogen-bond acceptors (Lipinski definition) is 6. The van der Waals surface area contributed by atoms with Crippen LogP contribution in [-0.4, -0.2) is 51.1 Å². The van der Waals surface area contributed by atoms with Gasteiger partial charge in [-0.2, -0.15) is 5.90 Å². The number of nitrogens with two attached hydrogens (primary N) is 1. The van der Waals surface area contributed by atoms with Crippen LogP contribution in [0.3, 0.4) is 0 Å². The summed E-state index contributed by atoms with van der Waals surface area (Å²) in [6.07, 6.45) is 6.42. The van der Waals surface area contributed by atoms with E-state index in [1.54, 1.807) is 17.3 Å². The van der Waals surface area contributed by atoms with Gasteiger partial charge in [-0.3, -0.25) is 9.78 Å². The molecule has 146 valence electrons. The Morgan fingerprint density at radius 2 is 2.15 bits per heavy atom. The van der Waals surface area contributed by atoms with Crippen molar-refractivity contribution in [2.24, 2.45) is 11.8 Å². The van der Waals surface area contributed by atoms with E-state index in [-0.39, 0.29) is 19.0 Å². The van der Waals surface area contributed by atoms with Gasteiger partial charge in [-0.1, -0.05) is 6.92 Å². The largest absolute Gasteiger partial charge is 0.373 e. The van der Waals surface area contributed by atoms with Crippen LogP contribution in [0.15, 0.2) is 18.5 Å². The summed E-state index contributed by atoms with van der Waals surface area (Å²) in [4.78, 5) is 37.9. The highest BCUT2D eigenvalue weighted by molar-refractivity contribution is 5.76. The van der Waals surface area contributed by atoms with Gasteiger partial charge in [0.2, 0.25) is 0 Å². The summed E-state index contributed by atoms with van der Waals surface area (Å²) in [5.74, 6) is 5.81. The fourth-order valence-electron chi connectivity index (χ4n) is 3.52. The number of piperidine rings is 1. The summed E-state index contributed by atoms with van der Waals surface area (Å²) in [6.45, 7) is 4.64. The Hall–Kier alpha value is -2.68. The number of rotatable bonds is 6. The zero-order chi connectivity index (χ0) is 19.2. The molecule has 0 saturated carbocycles. The van der Waals surface area contributed by atoms with Crippen molar-refractivity contribution in [1.82, 2.24) is 24.8 Å². The van der Waals surface area contributed by atoms with Crippen LogP contribution in [0.5, 0.6) is 0 Å². The number of imidazole rings is 1. The van der Waals surface area contributed by atoms with Crippen LogP contribution in [0.25, 0.3) is 11.0 Å². The van der Waals surface area contributed by atoms with Crippen LogP contribution in [0.1, 0.15) is 32.0 Å². The minimum absolute atomic E-state index is 0.0705. The molecule has 9 nitrogen and oxygen atoms in total. The van der Waals surface area contributed by atoms with Gasteiger partial charge in [0.05, 0.1) is 18.1 Å². The van der Waals surface area contributed by atoms with Gasteiger partial charge in [0, 0.05) is 38.8 Å². The SMILES string of the molecule is CCc1nc2cnccc2n1CC1CCN(C(=O)NCCC(=O)ON)CC1. The van der Waals surface area contributed by atoms with Crippen molar-refractivity contribution >= 4 is 23.0 Å². The zero-order valence-electron chi connectivity index (χ0n) is 15.6. The van der Waals surface area contributed by atoms with Crippen molar-refractivity contribution in [2.75, 3.05) is 19.6 Å². The van der Waals surface area contributed by atoms with E-state index in [4.69, 9.17) is 5.90 Å². The Morgan fingerprint density at radius 3 is 2.85 bits per heavy atom. The minimum Gasteiger partial charge on any atom is -0.373 e. The maximum absolute atomic E-state index is 12.2. The van der Waals surface area contributed by atoms with Crippen LogP contribution in [-0.2, 0) is 22.6 Å². The second-order valence-electron chi connectivity index (χ2n) is 6.76. The van der Waals surface area contributed by atoms with Gasteiger partial charge >= 0.3 is 12.0 Å². The fourth-order valence-corrected chi connectivity index (χ4v) is 3.52. The first-order chi connectivity index (χ1) is 13.1. The average molecular weight is 374 g/mol. The Morgan fingerprint density at radius 1 is 1.37 bits per heavy atom. The van der Waals surface area contributed by atoms with Crippen LogP contribution in [0.2, 0.25) is 0 Å². The molecular weight excluding hydrogens is 348 g/mol. The number of urea groups is 1. The lowest BCUT2D eigenvalue weighted by Crippen LogP contribution is -2.45. The molecule has 9 heteroatoms. The second kappa shape index (κ2) is 8.81. The molecule has 3 heterocycles. The second-order valence-corrected chi connectivity index (χ2v) is 6.76. The lowest BCUT2D eigenvalue weighted by atomic mass is 9.96. The molecule has 0 aromatic carbocycles. The average Bonchev–Trinajstić information content (AvgIpc) is 3.06. The number of pyridine rings is 1. The van der Waals surface area contributed by atoms with E-state index in [0.717, 1.165) is 42.7 Å². The molecule has 1 saturated heterocycles. The van der Waals surface area contributed by atoms with Crippen molar-refractivity contribution in [3.63, 3.8) is 0 Å². The molecule has 1 aliphatic rings. The Kier molecular flexibility index (Phi) is 6.23. The molecule has 2 aromatic rings. The molecule has 0 radical (unpaired) electrons. The van der Waals surface area contributed by atoms with Gasteiger partial charge in [-0.25, -0.2) is 9.78 Å². The maximum atomic E-state index is 12.2. The summed E-state index contributed by atoms with van der Waals surface area (Å²) < 4.78 is 2.29. The number of aryl methyl sites for hydroxylation is 1. The first-order valence-corrected chi connectivity index (χ1v) is 9.33. The van der Waals surface area contributed by atoms with Crippen molar-refractivity contribution in [3.8, 4) is 0 Å². The fraction of sp³-hybridized carbons (Fsp3) is 0.556. The predicted molar refractivity (Wildman–Crippen MR) is 99.5 cm³/mol. The van der Waals surface area contributed by atoms with Gasteiger partial charge in [-0.15, -0.1) is 0 Å². The Labute approximate surface area is 157 Å². The lowest BCUT2D eigenvalue weighted by Gasteiger charge is -2.32. The molecule has 3 N–H and O–H groups in total. The van der Waals surface area contributed by atoms with Gasteiger partial charge in [0.1, 0.15) is 11.3 Å². The number of hydrogen-bond donors (Lipinski definition) is 2. The van der Waals surface area contributed by atoms with Gasteiger partial charge < -0.3 is 19.6 Å². The van der Waals surface area contributed by atoms with Crippen LogP contribution in [0, 0.1) is 5.92 Å². The standard InChI is InChI=1S/C18H26N6O3/c1-2-16-22-14-11-20-7-3-15(14)24(16)12-13-5-9-23(10-6-13)18(26)21-8-4-17(25)27-19/h3,7,11,13H,2,4-6,8-10,12,19H2,1H3,(H,21,26). The van der Waals surface area contributed by atoms with Crippen LogP contribution < -0.4 is 11.2 Å². The number of likely N-dealkylation sites (tertiary alicyclic amines) is 1. The number of aromatic nitrogens is 3. The van der Waals surface area contributed by atoms with E-state index in [1.807, 2.05) is 6.07 Å². The first kappa shape index (κ1) is 19.1. The highest BCUT2D eigenvalue weighted by Crippen LogP contribution is 2.23. The van der Waals surface area contributed by atoms with Crippen LogP contribution >= 0.6 is 0 Å². The van der Waals surface area contributed by atoms with Gasteiger partial charge in [0.15, 0.2) is 0 Å². The summed E-state index contributed by atoms with van der Waals surface area (Å²) in [5.41, 5.74) is 2.05. The normalized spacial score (nSPS) is 15.1. The molecule has 2 amide bonds. The molecule has 1 fully saturated rings. The number of carbonyl (C=O) groups excluding carboxylic acids is 2. The van der Waals surface area contributed by atoms with Crippen LogP contribution in [0.4, 0.5) is 4.79 Å². The third-order valence-electron chi connectivity index (χ3n) is 5.03. The lowest BCUT2D eigenvalue weighted by molar-refractivity contribution is -0.144. The first-order valence-electron chi connectivity index (χ1n) is 9.33. The summed E-state index contributed by atoms with van der Waals surface area (Å²) in [7, 11) is 0. The highest BCUT2D eigenvalue weighted by Gasteiger charge is 2.24. The predicted octanol–water partition coefficient (Wildman–Crippen LogP) is 1.22. The van der Waals surface area contributed by atoms with E-state index < -0.39 is 5.97 Å². The molecule has 0 unspecified atom stereocenters. The van der Waals surface area contributed by atoms with E-state index in [1.165, 1.54) is 0 Å². The number of carbonyl (C=O) groups is 2. The number of fused-ring (bicyclic) bond motifs is 1. The van der Waals surface area contributed by atoms with Crippen molar-refractivity contribution < 1.29 is 14.4 Å². The number of amides is 2. The maximum Gasteiger partial charge on any atom is 0.326 e. The summed E-state index contributed by atoms with van der Waals surface area (Å²) in [5, 5.41) is 2.73. The molecule has 0 spiro atoms. The number of nitrogens with one attached hydrogen (secondary N) is 1. The van der Waals surface area contributed by atoms with Crippen molar-refractivity contribution in [1.29, 1.82) is 0 Å². The monoisotopic (exact) mass is 374 g/mol. The Balaban J connectivity index is 1.53. The minimum atomic E-state index is -0.538. The van der Waals surface area contributed by atoms with E-state index in [2.05, 4.69) is 31.6 Å². The van der Waals surface area contributed by atoms with Crippen molar-refractivity contribution in [2.45, 2.75) is 39.2 Å².